The van der Waals surface area contributed by atoms with Gasteiger partial charge < -0.3 is 4.74 Å². The van der Waals surface area contributed by atoms with E-state index in [1.807, 2.05) is 6.92 Å². The number of ether oxygens (including phenoxy) is 1. The molecule has 0 aliphatic heterocycles. The molecule has 2 aromatic rings. The number of carbonyl (C=O) groups is 1. The molecule has 0 atom stereocenters. The van der Waals surface area contributed by atoms with Gasteiger partial charge in [0.2, 0.25) is 0 Å². The lowest BCUT2D eigenvalue weighted by Crippen LogP contribution is -2.09. The molecule has 0 amide bonds. The normalized spacial score (nSPS) is 11.1. The van der Waals surface area contributed by atoms with Gasteiger partial charge in [-0.3, -0.25) is 0 Å². The molecule has 21 heavy (non-hydrogen) atoms. The molecule has 0 aliphatic rings. The van der Waals surface area contributed by atoms with E-state index in [9.17, 15) is 13.2 Å². The lowest BCUT2D eigenvalue weighted by Gasteiger charge is -2.08. The smallest absolute Gasteiger partial charge is 0.338 e. The van der Waals surface area contributed by atoms with Crippen LogP contribution < -0.4 is 0 Å². The summed E-state index contributed by atoms with van der Waals surface area (Å²) in [7, 11) is -2.37. The Hall–Kier alpha value is -2.14. The maximum Gasteiger partial charge on any atom is 0.338 e. The Balaban J connectivity index is 2.37. The van der Waals surface area contributed by atoms with Crippen LogP contribution in [-0.4, -0.2) is 21.5 Å². The molecule has 5 heteroatoms. The molecule has 109 valence electrons. The molecule has 0 saturated heterocycles. The Morgan fingerprint density at radius 3 is 2.29 bits per heavy atom. The van der Waals surface area contributed by atoms with Crippen LogP contribution in [0.15, 0.2) is 53.4 Å². The van der Waals surface area contributed by atoms with Gasteiger partial charge in [-0.25, -0.2) is 13.2 Å². The average molecular weight is 303 g/mol. The predicted molar refractivity (Wildman–Crippen MR) is 79.5 cm³/mol. The van der Waals surface area contributed by atoms with Crippen LogP contribution in [0.25, 0.3) is 0 Å². The van der Waals surface area contributed by atoms with Crippen molar-refractivity contribution in [2.75, 3.05) is 7.11 Å². The van der Waals surface area contributed by atoms with Crippen molar-refractivity contribution in [2.24, 2.45) is 0 Å². The second-order valence-corrected chi connectivity index (χ2v) is 6.35. The molecule has 0 N–H and O–H groups in total. The molecule has 2 aromatic carbocycles. The van der Waals surface area contributed by atoms with Crippen molar-refractivity contribution in [1.82, 2.24) is 0 Å². The van der Waals surface area contributed by atoms with Crippen molar-refractivity contribution < 1.29 is 17.9 Å². The SMILES string of the molecule is COC(=O)c1ccccc1[CH]S(=O)(=O)c1ccc(C)cc1. The first kappa shape index (κ1) is 15.3. The van der Waals surface area contributed by atoms with E-state index in [1.54, 1.807) is 42.5 Å². The third-order valence-electron chi connectivity index (χ3n) is 3.00. The van der Waals surface area contributed by atoms with Crippen molar-refractivity contribution in [2.45, 2.75) is 11.8 Å². The number of sulfone groups is 1. The third kappa shape index (κ3) is 3.49. The zero-order valence-corrected chi connectivity index (χ0v) is 12.6. The Morgan fingerprint density at radius 2 is 1.67 bits per heavy atom. The molecule has 0 fully saturated rings. The fourth-order valence-electron chi connectivity index (χ4n) is 1.86. The molecule has 1 radical (unpaired) electrons. The van der Waals surface area contributed by atoms with Crippen LogP contribution in [-0.2, 0) is 14.6 Å². The van der Waals surface area contributed by atoms with Gasteiger partial charge in [-0.1, -0.05) is 35.9 Å². The molecule has 0 bridgehead atoms. The van der Waals surface area contributed by atoms with E-state index in [2.05, 4.69) is 4.74 Å². The van der Waals surface area contributed by atoms with Gasteiger partial charge in [0.25, 0.3) is 0 Å². The standard InChI is InChI=1S/C16H15O4S/c1-12-7-9-14(10-8-12)21(18,19)11-13-5-3-4-6-15(13)16(17)20-2/h3-11H,1-2H3. The van der Waals surface area contributed by atoms with Crippen LogP contribution in [0.3, 0.4) is 0 Å². The highest BCUT2D eigenvalue weighted by molar-refractivity contribution is 7.93. The monoisotopic (exact) mass is 303 g/mol. The van der Waals surface area contributed by atoms with Crippen LogP contribution in [0.5, 0.6) is 0 Å². The molecule has 0 heterocycles. The average Bonchev–Trinajstić information content (AvgIpc) is 2.47. The van der Waals surface area contributed by atoms with Gasteiger partial charge in [-0.15, -0.1) is 0 Å². The number of esters is 1. The van der Waals surface area contributed by atoms with Gasteiger partial charge in [0, 0.05) is 0 Å². The minimum Gasteiger partial charge on any atom is -0.465 e. The van der Waals surface area contributed by atoms with Gasteiger partial charge in [-0.2, -0.15) is 0 Å². The zero-order chi connectivity index (χ0) is 15.5. The Kier molecular flexibility index (Phi) is 4.43. The molecule has 0 aliphatic carbocycles. The van der Waals surface area contributed by atoms with E-state index < -0.39 is 15.8 Å². The first-order chi connectivity index (χ1) is 9.94. The summed E-state index contributed by atoms with van der Waals surface area (Å²) in [5.74, 6) is 0.519. The van der Waals surface area contributed by atoms with Crippen LogP contribution in [0, 0.1) is 12.7 Å². The third-order valence-corrected chi connectivity index (χ3v) is 4.49. The first-order valence-corrected chi connectivity index (χ1v) is 7.82. The number of benzene rings is 2. The topological polar surface area (TPSA) is 60.4 Å². The Bertz CT molecular complexity index is 746. The maximum atomic E-state index is 12.4. The largest absolute Gasteiger partial charge is 0.465 e. The molecule has 0 saturated carbocycles. The van der Waals surface area contributed by atoms with Crippen LogP contribution in [0.1, 0.15) is 21.5 Å². The van der Waals surface area contributed by atoms with Crippen LogP contribution >= 0.6 is 0 Å². The predicted octanol–water partition coefficient (Wildman–Crippen LogP) is 2.77. The summed E-state index contributed by atoms with van der Waals surface area (Å²) in [4.78, 5) is 11.9. The highest BCUT2D eigenvalue weighted by atomic mass is 32.2. The second-order valence-electron chi connectivity index (χ2n) is 4.55. The molecular formula is C16H15O4S. The van der Waals surface area contributed by atoms with Gasteiger partial charge in [0.15, 0.2) is 9.84 Å². The van der Waals surface area contributed by atoms with Gasteiger partial charge in [0.1, 0.15) is 5.75 Å². The number of methoxy groups -OCH3 is 1. The zero-order valence-electron chi connectivity index (χ0n) is 11.7. The number of hydrogen-bond acceptors (Lipinski definition) is 4. The Labute approximate surface area is 124 Å². The first-order valence-electron chi connectivity index (χ1n) is 6.28. The van der Waals surface area contributed by atoms with Crippen molar-refractivity contribution in [3.63, 3.8) is 0 Å². The fourth-order valence-corrected chi connectivity index (χ4v) is 3.05. The summed E-state index contributed by atoms with van der Waals surface area (Å²) in [5.41, 5.74) is 1.50. The summed E-state index contributed by atoms with van der Waals surface area (Å²) in [6.45, 7) is 1.88. The fraction of sp³-hybridized carbons (Fsp3) is 0.125. The molecule has 0 aromatic heterocycles. The van der Waals surface area contributed by atoms with E-state index in [0.29, 0.717) is 5.56 Å². The number of carbonyl (C=O) groups excluding carboxylic acids is 1. The minimum atomic E-state index is -3.63. The highest BCUT2D eigenvalue weighted by Gasteiger charge is 2.20. The van der Waals surface area contributed by atoms with Gasteiger partial charge >= 0.3 is 5.97 Å². The quantitative estimate of drug-likeness (QED) is 0.815. The number of hydrogen-bond donors (Lipinski definition) is 0. The van der Waals surface area contributed by atoms with E-state index in [-0.39, 0.29) is 10.5 Å². The molecular weight excluding hydrogens is 288 g/mol. The van der Waals surface area contributed by atoms with Crippen molar-refractivity contribution in [3.8, 4) is 0 Å². The van der Waals surface area contributed by atoms with Crippen molar-refractivity contribution in [3.05, 3.63) is 71.0 Å². The summed E-state index contributed by atoms with van der Waals surface area (Å²) >= 11 is 0. The maximum absolute atomic E-state index is 12.4. The van der Waals surface area contributed by atoms with Crippen molar-refractivity contribution >= 4 is 15.8 Å². The van der Waals surface area contributed by atoms with Crippen molar-refractivity contribution in [1.29, 1.82) is 0 Å². The molecule has 2 rings (SSSR count). The second kappa shape index (κ2) is 6.10. The summed E-state index contributed by atoms with van der Waals surface area (Å²) in [6, 6.07) is 13.0. The van der Waals surface area contributed by atoms with E-state index in [1.165, 1.54) is 13.2 Å². The van der Waals surface area contributed by atoms with E-state index in [4.69, 9.17) is 0 Å². The number of rotatable bonds is 4. The van der Waals surface area contributed by atoms with Crippen LogP contribution in [0.4, 0.5) is 0 Å². The van der Waals surface area contributed by atoms with E-state index >= 15 is 0 Å². The number of aryl methyl sites for hydroxylation is 1. The highest BCUT2D eigenvalue weighted by Crippen LogP contribution is 2.21. The van der Waals surface area contributed by atoms with Gasteiger partial charge in [-0.05, 0) is 30.7 Å². The van der Waals surface area contributed by atoms with Gasteiger partial charge in [0.05, 0.1) is 17.6 Å². The molecule has 4 nitrogen and oxygen atoms in total. The summed E-state index contributed by atoms with van der Waals surface area (Å²) in [5, 5.41) is 0. The molecule has 0 spiro atoms. The summed E-state index contributed by atoms with van der Waals surface area (Å²) in [6.07, 6.45) is 0. The summed E-state index contributed by atoms with van der Waals surface area (Å²) < 4.78 is 29.4. The van der Waals surface area contributed by atoms with E-state index in [0.717, 1.165) is 11.3 Å². The molecule has 0 unspecified atom stereocenters. The minimum absolute atomic E-state index is 0.188. The lowest BCUT2D eigenvalue weighted by molar-refractivity contribution is 0.0600. The Morgan fingerprint density at radius 1 is 1.05 bits per heavy atom. The van der Waals surface area contributed by atoms with Crippen LogP contribution in [0.2, 0.25) is 0 Å². The lowest BCUT2D eigenvalue weighted by atomic mass is 10.1.